The molecule has 0 fully saturated rings. The van der Waals surface area contributed by atoms with E-state index in [9.17, 15) is 9.18 Å². The Kier molecular flexibility index (Phi) is 5.00. The van der Waals surface area contributed by atoms with Crippen LogP contribution in [0.5, 0.6) is 0 Å². The smallest absolute Gasteiger partial charge is 0.224 e. The molecule has 0 saturated carbocycles. The van der Waals surface area contributed by atoms with Gasteiger partial charge in [-0.3, -0.25) is 9.78 Å². The summed E-state index contributed by atoms with van der Waals surface area (Å²) in [6.45, 7) is 8.11. The van der Waals surface area contributed by atoms with Gasteiger partial charge in [0.2, 0.25) is 5.91 Å². The van der Waals surface area contributed by atoms with E-state index in [0.29, 0.717) is 6.54 Å². The first-order valence-corrected chi connectivity index (χ1v) is 6.39. The van der Waals surface area contributed by atoms with Crippen molar-refractivity contribution in [3.63, 3.8) is 0 Å². The number of halogens is 1. The van der Waals surface area contributed by atoms with Gasteiger partial charge in [0.15, 0.2) is 0 Å². The maximum atomic E-state index is 12.9. The Morgan fingerprint density at radius 1 is 1.47 bits per heavy atom. The molecule has 0 spiro atoms. The average Bonchev–Trinajstić information content (AvgIpc) is 2.31. The number of carbonyl (C=O) groups is 1. The first kappa shape index (κ1) is 15.6. The lowest BCUT2D eigenvalue weighted by Gasteiger charge is -2.27. The Labute approximate surface area is 113 Å². The Morgan fingerprint density at radius 3 is 2.53 bits per heavy atom. The molecule has 1 unspecified atom stereocenters. The second kappa shape index (κ2) is 6.10. The summed E-state index contributed by atoms with van der Waals surface area (Å²) in [5.41, 5.74) is 5.48. The zero-order chi connectivity index (χ0) is 14.6. The number of primary amides is 1. The van der Waals surface area contributed by atoms with E-state index < -0.39 is 5.41 Å². The molecule has 1 atom stereocenters. The van der Waals surface area contributed by atoms with Gasteiger partial charge in [0, 0.05) is 6.54 Å². The van der Waals surface area contributed by atoms with E-state index in [1.165, 1.54) is 12.3 Å². The van der Waals surface area contributed by atoms with Gasteiger partial charge in [0.1, 0.15) is 5.82 Å². The van der Waals surface area contributed by atoms with E-state index in [1.807, 2.05) is 13.8 Å². The summed E-state index contributed by atoms with van der Waals surface area (Å²) in [4.78, 5) is 15.4. The lowest BCUT2D eigenvalue weighted by molar-refractivity contribution is -0.125. The molecule has 4 nitrogen and oxygen atoms in total. The topological polar surface area (TPSA) is 68.0 Å². The monoisotopic (exact) mass is 267 g/mol. The van der Waals surface area contributed by atoms with E-state index in [2.05, 4.69) is 10.3 Å². The molecule has 0 aliphatic rings. The summed E-state index contributed by atoms with van der Waals surface area (Å²) in [6, 6.07) is 3.00. The summed E-state index contributed by atoms with van der Waals surface area (Å²) in [6.07, 6.45) is 1.20. The molecule has 1 amide bonds. The number of carbonyl (C=O) groups excluding carboxylic acids is 1. The van der Waals surface area contributed by atoms with Gasteiger partial charge in [0.05, 0.1) is 23.3 Å². The fourth-order valence-electron chi connectivity index (χ4n) is 1.71. The van der Waals surface area contributed by atoms with E-state index in [-0.39, 0.29) is 23.7 Å². The minimum atomic E-state index is -0.632. The second-order valence-electron chi connectivity index (χ2n) is 5.75. The van der Waals surface area contributed by atoms with Gasteiger partial charge in [0.25, 0.3) is 0 Å². The van der Waals surface area contributed by atoms with Crippen molar-refractivity contribution in [2.24, 2.45) is 17.1 Å². The molecular weight excluding hydrogens is 245 g/mol. The highest BCUT2D eigenvalue weighted by Gasteiger charge is 2.27. The Morgan fingerprint density at radius 2 is 2.11 bits per heavy atom. The number of nitrogens with one attached hydrogen (secondary N) is 1. The summed E-state index contributed by atoms with van der Waals surface area (Å²) in [5.74, 6) is -0.445. The third-order valence-corrected chi connectivity index (χ3v) is 3.17. The molecule has 1 aromatic rings. The van der Waals surface area contributed by atoms with Crippen molar-refractivity contribution >= 4 is 5.91 Å². The molecule has 1 heterocycles. The van der Waals surface area contributed by atoms with Crippen LogP contribution in [0.1, 0.15) is 39.4 Å². The van der Waals surface area contributed by atoms with Crippen LogP contribution < -0.4 is 11.1 Å². The molecule has 0 aliphatic heterocycles. The molecule has 106 valence electrons. The van der Waals surface area contributed by atoms with Crippen LogP contribution >= 0.6 is 0 Å². The maximum absolute atomic E-state index is 12.9. The maximum Gasteiger partial charge on any atom is 0.224 e. The minimum Gasteiger partial charge on any atom is -0.369 e. The van der Waals surface area contributed by atoms with Crippen LogP contribution in [0.15, 0.2) is 18.3 Å². The van der Waals surface area contributed by atoms with Crippen molar-refractivity contribution in [1.29, 1.82) is 0 Å². The first-order chi connectivity index (χ1) is 8.74. The number of aromatic nitrogens is 1. The zero-order valence-corrected chi connectivity index (χ0v) is 11.9. The fourth-order valence-corrected chi connectivity index (χ4v) is 1.71. The van der Waals surface area contributed by atoms with Crippen molar-refractivity contribution in [1.82, 2.24) is 10.3 Å². The van der Waals surface area contributed by atoms with Crippen LogP contribution in [0.3, 0.4) is 0 Å². The predicted octanol–water partition coefficient (Wildman–Crippen LogP) is 2.02. The molecular formula is C14H22FN3O. The van der Waals surface area contributed by atoms with Crippen LogP contribution in [0.4, 0.5) is 4.39 Å². The first-order valence-electron chi connectivity index (χ1n) is 6.39. The number of pyridine rings is 1. The standard InChI is InChI=1S/C14H22FN3O/c1-9(2)12(11-6-5-10(15)7-17-11)18-8-14(3,4)13(16)19/h5-7,9,12,18H,8H2,1-4H3,(H2,16,19). The lowest BCUT2D eigenvalue weighted by atomic mass is 9.91. The molecule has 1 aromatic heterocycles. The van der Waals surface area contributed by atoms with Crippen LogP contribution in [-0.2, 0) is 4.79 Å². The number of nitrogens with zero attached hydrogens (tertiary/aromatic N) is 1. The van der Waals surface area contributed by atoms with E-state index in [0.717, 1.165) is 5.69 Å². The summed E-state index contributed by atoms with van der Waals surface area (Å²) in [5, 5.41) is 3.29. The zero-order valence-electron chi connectivity index (χ0n) is 11.9. The highest BCUT2D eigenvalue weighted by Crippen LogP contribution is 2.22. The van der Waals surface area contributed by atoms with Crippen LogP contribution in [0.2, 0.25) is 0 Å². The van der Waals surface area contributed by atoms with Gasteiger partial charge >= 0.3 is 0 Å². The largest absolute Gasteiger partial charge is 0.369 e. The van der Waals surface area contributed by atoms with Gasteiger partial charge in [-0.15, -0.1) is 0 Å². The lowest BCUT2D eigenvalue weighted by Crippen LogP contribution is -2.42. The SMILES string of the molecule is CC(C)C(NCC(C)(C)C(N)=O)c1ccc(F)cn1. The third kappa shape index (κ3) is 4.28. The van der Waals surface area contributed by atoms with Gasteiger partial charge in [-0.05, 0) is 31.9 Å². The molecule has 0 aliphatic carbocycles. The number of hydrogen-bond acceptors (Lipinski definition) is 3. The van der Waals surface area contributed by atoms with E-state index in [4.69, 9.17) is 5.73 Å². The highest BCUT2D eigenvalue weighted by molar-refractivity contribution is 5.80. The van der Waals surface area contributed by atoms with Crippen molar-refractivity contribution in [2.75, 3.05) is 6.54 Å². The predicted molar refractivity (Wildman–Crippen MR) is 72.8 cm³/mol. The molecule has 5 heteroatoms. The van der Waals surface area contributed by atoms with Crippen molar-refractivity contribution in [2.45, 2.75) is 33.7 Å². The molecule has 1 rings (SSSR count). The van der Waals surface area contributed by atoms with Crippen LogP contribution in [-0.4, -0.2) is 17.4 Å². The van der Waals surface area contributed by atoms with E-state index >= 15 is 0 Å². The molecule has 0 radical (unpaired) electrons. The molecule has 19 heavy (non-hydrogen) atoms. The van der Waals surface area contributed by atoms with Crippen LogP contribution in [0.25, 0.3) is 0 Å². The fraction of sp³-hybridized carbons (Fsp3) is 0.571. The number of amides is 1. The molecule has 0 aromatic carbocycles. The second-order valence-corrected chi connectivity index (χ2v) is 5.75. The average molecular weight is 267 g/mol. The molecule has 0 bridgehead atoms. The van der Waals surface area contributed by atoms with Gasteiger partial charge < -0.3 is 11.1 Å². The quantitative estimate of drug-likeness (QED) is 0.828. The van der Waals surface area contributed by atoms with Crippen molar-refractivity contribution in [3.8, 4) is 0 Å². The summed E-state index contributed by atoms with van der Waals surface area (Å²) < 4.78 is 12.9. The molecule has 0 saturated heterocycles. The number of rotatable bonds is 6. The Hall–Kier alpha value is -1.49. The van der Waals surface area contributed by atoms with Gasteiger partial charge in [-0.25, -0.2) is 4.39 Å². The van der Waals surface area contributed by atoms with Gasteiger partial charge in [-0.2, -0.15) is 0 Å². The normalized spacial score (nSPS) is 13.6. The molecule has 3 N–H and O–H groups in total. The van der Waals surface area contributed by atoms with E-state index in [1.54, 1.807) is 19.9 Å². The summed E-state index contributed by atoms with van der Waals surface area (Å²) in [7, 11) is 0. The third-order valence-electron chi connectivity index (χ3n) is 3.17. The van der Waals surface area contributed by atoms with Crippen molar-refractivity contribution < 1.29 is 9.18 Å². The number of hydrogen-bond donors (Lipinski definition) is 2. The highest BCUT2D eigenvalue weighted by atomic mass is 19.1. The Bertz CT molecular complexity index is 429. The van der Waals surface area contributed by atoms with Gasteiger partial charge in [-0.1, -0.05) is 13.8 Å². The minimum absolute atomic E-state index is 0.0424. The Balaban J connectivity index is 2.80. The van der Waals surface area contributed by atoms with Crippen molar-refractivity contribution in [3.05, 3.63) is 29.8 Å². The van der Waals surface area contributed by atoms with Crippen LogP contribution in [0, 0.1) is 17.2 Å². The number of nitrogens with two attached hydrogens (primary N) is 1. The summed E-state index contributed by atoms with van der Waals surface area (Å²) >= 11 is 0.